The number of para-hydroxylation sites is 2. The zero-order chi connectivity index (χ0) is 24.5. The Morgan fingerprint density at radius 2 is 1.62 bits per heavy atom. The van der Waals surface area contributed by atoms with E-state index in [1.807, 2.05) is 12.1 Å². The average Bonchev–Trinajstić information content (AvgIpc) is 2.80. The summed E-state index contributed by atoms with van der Waals surface area (Å²) in [5.74, 6) is -1.14. The highest BCUT2D eigenvalue weighted by atomic mass is 35.5. The van der Waals surface area contributed by atoms with Crippen LogP contribution >= 0.6 is 11.6 Å². The van der Waals surface area contributed by atoms with Gasteiger partial charge in [0.05, 0.1) is 17.8 Å². The van der Waals surface area contributed by atoms with Gasteiger partial charge in [-0.2, -0.15) is 0 Å². The highest BCUT2D eigenvalue weighted by Gasteiger charge is 2.38. The van der Waals surface area contributed by atoms with Crippen LogP contribution in [0.5, 0.6) is 0 Å². The van der Waals surface area contributed by atoms with Gasteiger partial charge in [0.1, 0.15) is 6.04 Å². The zero-order valence-electron chi connectivity index (χ0n) is 19.3. The summed E-state index contributed by atoms with van der Waals surface area (Å²) in [5.41, 5.74) is 3.13. The molecule has 0 radical (unpaired) electrons. The van der Waals surface area contributed by atoms with E-state index in [4.69, 9.17) is 11.6 Å². The maximum absolute atomic E-state index is 13.7. The number of amides is 3. The fraction of sp³-hybridized carbons (Fsp3) is 0.222. The summed E-state index contributed by atoms with van der Waals surface area (Å²) in [6.07, 6.45) is -0.200. The van der Waals surface area contributed by atoms with Gasteiger partial charge < -0.3 is 10.6 Å². The van der Waals surface area contributed by atoms with E-state index in [1.54, 1.807) is 60.7 Å². The number of nitrogens with one attached hydrogen (secondary N) is 2. The van der Waals surface area contributed by atoms with Crippen LogP contribution < -0.4 is 15.5 Å². The van der Waals surface area contributed by atoms with Crippen molar-refractivity contribution in [1.82, 2.24) is 0 Å². The first-order valence-electron chi connectivity index (χ1n) is 11.0. The van der Waals surface area contributed by atoms with E-state index in [2.05, 4.69) is 31.4 Å². The van der Waals surface area contributed by atoms with Gasteiger partial charge in [0.25, 0.3) is 5.91 Å². The molecule has 0 bridgehead atoms. The number of anilines is 3. The molecule has 2 N–H and O–H groups in total. The van der Waals surface area contributed by atoms with Gasteiger partial charge in [-0.25, -0.2) is 0 Å². The molecule has 0 unspecified atom stereocenters. The summed E-state index contributed by atoms with van der Waals surface area (Å²) in [6.45, 7) is 6.30. The van der Waals surface area contributed by atoms with E-state index in [9.17, 15) is 14.4 Å². The van der Waals surface area contributed by atoms with Gasteiger partial charge in [-0.3, -0.25) is 19.3 Å². The molecular formula is C27H26ClN3O3. The monoisotopic (exact) mass is 475 g/mol. The smallest absolute Gasteiger partial charge is 0.259 e. The third-order valence-corrected chi connectivity index (χ3v) is 6.01. The van der Waals surface area contributed by atoms with Crippen LogP contribution in [0.4, 0.5) is 17.1 Å². The summed E-state index contributed by atoms with van der Waals surface area (Å²) >= 11 is 5.91. The van der Waals surface area contributed by atoms with Crippen molar-refractivity contribution in [3.63, 3.8) is 0 Å². The molecule has 0 saturated heterocycles. The minimum Gasteiger partial charge on any atom is -0.326 e. The van der Waals surface area contributed by atoms with E-state index >= 15 is 0 Å². The molecule has 0 aliphatic carbocycles. The Morgan fingerprint density at radius 1 is 0.971 bits per heavy atom. The molecule has 0 aromatic heterocycles. The molecule has 1 aliphatic heterocycles. The number of carbonyl (C=O) groups excluding carboxylic acids is 3. The molecule has 4 rings (SSSR count). The number of benzene rings is 3. The maximum Gasteiger partial charge on any atom is 0.259 e. The number of hydrogen-bond acceptors (Lipinski definition) is 3. The van der Waals surface area contributed by atoms with Crippen molar-refractivity contribution in [3.05, 3.63) is 88.9 Å². The van der Waals surface area contributed by atoms with Crippen molar-refractivity contribution in [3.8, 4) is 0 Å². The maximum atomic E-state index is 13.7. The van der Waals surface area contributed by atoms with Crippen LogP contribution in [-0.2, 0) is 15.0 Å². The van der Waals surface area contributed by atoms with Crippen LogP contribution in [0.15, 0.2) is 72.8 Å². The number of nitrogens with zero attached hydrogens (tertiary/aromatic N) is 1. The van der Waals surface area contributed by atoms with E-state index in [0.717, 1.165) is 5.56 Å². The standard InChI is InChI=1S/C27H26ClN3O3/c1-27(2,3)18-10-8-17(9-11-18)26(34)31-22-7-5-4-6-21(22)30-25(33)23(31)16-24(32)29-20-14-12-19(28)13-15-20/h4-15,23H,16H2,1-3H3,(H,29,32)(H,30,33)/t23-/m0/s1. The van der Waals surface area contributed by atoms with E-state index in [1.165, 1.54) is 4.90 Å². The Bertz CT molecular complexity index is 1230. The van der Waals surface area contributed by atoms with Gasteiger partial charge in [0.2, 0.25) is 11.8 Å². The highest BCUT2D eigenvalue weighted by molar-refractivity contribution is 6.30. The predicted molar refractivity (Wildman–Crippen MR) is 136 cm³/mol. The van der Waals surface area contributed by atoms with Gasteiger partial charge in [-0.15, -0.1) is 0 Å². The fourth-order valence-corrected chi connectivity index (χ4v) is 4.02. The largest absolute Gasteiger partial charge is 0.326 e. The second-order valence-electron chi connectivity index (χ2n) is 9.28. The van der Waals surface area contributed by atoms with E-state index in [0.29, 0.717) is 27.6 Å². The Kier molecular flexibility index (Phi) is 6.44. The molecule has 1 atom stereocenters. The quantitative estimate of drug-likeness (QED) is 0.513. The second kappa shape index (κ2) is 9.31. The molecule has 174 valence electrons. The molecular weight excluding hydrogens is 450 g/mol. The van der Waals surface area contributed by atoms with E-state index in [-0.39, 0.29) is 23.7 Å². The Morgan fingerprint density at radius 3 is 2.26 bits per heavy atom. The minimum atomic E-state index is -1.00. The lowest BCUT2D eigenvalue weighted by molar-refractivity contribution is -0.122. The molecule has 0 saturated carbocycles. The highest BCUT2D eigenvalue weighted by Crippen LogP contribution is 2.34. The van der Waals surface area contributed by atoms with Crippen molar-refractivity contribution in [2.45, 2.75) is 38.6 Å². The first-order valence-corrected chi connectivity index (χ1v) is 11.4. The van der Waals surface area contributed by atoms with Crippen molar-refractivity contribution in [2.24, 2.45) is 0 Å². The molecule has 7 heteroatoms. The topological polar surface area (TPSA) is 78.5 Å². The van der Waals surface area contributed by atoms with Crippen LogP contribution in [0.1, 0.15) is 43.1 Å². The summed E-state index contributed by atoms with van der Waals surface area (Å²) in [4.78, 5) is 40.9. The fourth-order valence-electron chi connectivity index (χ4n) is 3.90. The van der Waals surface area contributed by atoms with Crippen molar-refractivity contribution in [2.75, 3.05) is 15.5 Å². The Labute approximate surface area is 203 Å². The SMILES string of the molecule is CC(C)(C)c1ccc(C(=O)N2c3ccccc3NC(=O)[C@@H]2CC(=O)Nc2ccc(Cl)cc2)cc1. The molecule has 34 heavy (non-hydrogen) atoms. The van der Waals surface area contributed by atoms with Crippen molar-refractivity contribution < 1.29 is 14.4 Å². The average molecular weight is 476 g/mol. The van der Waals surface area contributed by atoms with Crippen LogP contribution in [-0.4, -0.2) is 23.8 Å². The zero-order valence-corrected chi connectivity index (χ0v) is 20.0. The molecule has 1 heterocycles. The van der Waals surface area contributed by atoms with Gasteiger partial charge in [0.15, 0.2) is 0 Å². The number of halogens is 1. The van der Waals surface area contributed by atoms with E-state index < -0.39 is 11.9 Å². The lowest BCUT2D eigenvalue weighted by Gasteiger charge is -2.36. The number of carbonyl (C=O) groups is 3. The van der Waals surface area contributed by atoms with Gasteiger partial charge in [-0.05, 0) is 59.5 Å². The third-order valence-electron chi connectivity index (χ3n) is 5.76. The molecule has 3 aromatic carbocycles. The van der Waals surface area contributed by atoms with Gasteiger partial charge in [0, 0.05) is 16.3 Å². The lowest BCUT2D eigenvalue weighted by Crippen LogP contribution is -2.52. The first-order chi connectivity index (χ1) is 16.1. The lowest BCUT2D eigenvalue weighted by atomic mass is 9.86. The summed E-state index contributed by atoms with van der Waals surface area (Å²) < 4.78 is 0. The number of hydrogen-bond donors (Lipinski definition) is 2. The molecule has 1 aliphatic rings. The van der Waals surface area contributed by atoms with Gasteiger partial charge in [-0.1, -0.05) is 56.6 Å². The van der Waals surface area contributed by atoms with Crippen molar-refractivity contribution >= 4 is 46.4 Å². The predicted octanol–water partition coefficient (Wildman–Crippen LogP) is 5.63. The summed E-state index contributed by atoms with van der Waals surface area (Å²) in [5, 5.41) is 6.14. The first kappa shape index (κ1) is 23.5. The molecule has 0 fully saturated rings. The minimum absolute atomic E-state index is 0.0541. The third kappa shape index (κ3) is 4.97. The summed E-state index contributed by atoms with van der Waals surface area (Å²) in [7, 11) is 0. The van der Waals surface area contributed by atoms with Crippen LogP contribution in [0.2, 0.25) is 5.02 Å². The van der Waals surface area contributed by atoms with Crippen molar-refractivity contribution in [1.29, 1.82) is 0 Å². The Hall–Kier alpha value is -3.64. The normalized spacial score (nSPS) is 15.4. The molecule has 3 amide bonds. The van der Waals surface area contributed by atoms with Crippen LogP contribution in [0.25, 0.3) is 0 Å². The molecule has 6 nitrogen and oxygen atoms in total. The molecule has 0 spiro atoms. The number of fused-ring (bicyclic) bond motifs is 1. The Balaban J connectivity index is 1.64. The number of rotatable bonds is 4. The van der Waals surface area contributed by atoms with Gasteiger partial charge >= 0.3 is 0 Å². The van der Waals surface area contributed by atoms with Crippen LogP contribution in [0.3, 0.4) is 0 Å². The second-order valence-corrected chi connectivity index (χ2v) is 9.72. The van der Waals surface area contributed by atoms with Crippen LogP contribution in [0, 0.1) is 0 Å². The molecule has 3 aromatic rings. The summed E-state index contributed by atoms with van der Waals surface area (Å²) in [6, 6.07) is 20.1.